The van der Waals surface area contributed by atoms with E-state index in [9.17, 15) is 10.2 Å². The summed E-state index contributed by atoms with van der Waals surface area (Å²) in [7, 11) is 0. The van der Waals surface area contributed by atoms with Gasteiger partial charge in [-0.2, -0.15) is 9.97 Å². The number of nitrogens with zero attached hydrogens (tertiary/aromatic N) is 4. The summed E-state index contributed by atoms with van der Waals surface area (Å²) in [5, 5.41) is 27.1. The largest absolute Gasteiger partial charge is 0.507 e. The fourth-order valence-electron chi connectivity index (χ4n) is 4.99. The van der Waals surface area contributed by atoms with Gasteiger partial charge >= 0.3 is 0 Å². The van der Waals surface area contributed by atoms with Crippen LogP contribution >= 0.6 is 0 Å². The smallest absolute Gasteiger partial charge is 0.227 e. The number of rotatable bonds is 9. The first-order chi connectivity index (χ1) is 17.5. The van der Waals surface area contributed by atoms with E-state index in [-0.39, 0.29) is 11.8 Å². The Kier molecular flexibility index (Phi) is 7.04. The van der Waals surface area contributed by atoms with Gasteiger partial charge in [-0.05, 0) is 43.4 Å². The van der Waals surface area contributed by atoms with Gasteiger partial charge < -0.3 is 25.4 Å². The Morgan fingerprint density at radius 1 is 1.06 bits per heavy atom. The van der Waals surface area contributed by atoms with Crippen molar-refractivity contribution >= 4 is 22.9 Å². The van der Waals surface area contributed by atoms with Crippen LogP contribution in [0.2, 0.25) is 0 Å². The minimum atomic E-state index is -0.520. The van der Waals surface area contributed by atoms with Gasteiger partial charge in [-0.1, -0.05) is 62.2 Å². The molecule has 36 heavy (non-hydrogen) atoms. The molecule has 0 bridgehead atoms. The number of para-hydroxylation sites is 1. The van der Waals surface area contributed by atoms with Gasteiger partial charge in [-0.25, -0.2) is 4.98 Å². The molecule has 2 aromatic carbocycles. The molecule has 2 heterocycles. The number of nitrogens with one attached hydrogen (secondary N) is 2. The third-order valence-electron chi connectivity index (χ3n) is 7.11. The van der Waals surface area contributed by atoms with E-state index in [1.807, 2.05) is 55.7 Å². The van der Waals surface area contributed by atoms with Crippen LogP contribution in [0.4, 0.5) is 11.8 Å². The lowest BCUT2D eigenvalue weighted by Crippen LogP contribution is -2.31. The molecule has 0 aliphatic heterocycles. The first kappa shape index (κ1) is 24.1. The third kappa shape index (κ3) is 4.99. The third-order valence-corrected chi connectivity index (χ3v) is 7.11. The van der Waals surface area contributed by atoms with Crippen LogP contribution < -0.4 is 10.6 Å². The molecule has 2 aromatic heterocycles. The van der Waals surface area contributed by atoms with Crippen LogP contribution in [0.3, 0.4) is 0 Å². The SMILES string of the molecule is CCC(Nc1nc(NCc2ccc(-c3ccccc3O)cc2)c2ncn(C3CCCC3)c2n1)C(C)O. The number of aliphatic hydroxyl groups is 1. The molecule has 8 nitrogen and oxygen atoms in total. The van der Waals surface area contributed by atoms with E-state index < -0.39 is 6.10 Å². The molecular formula is C28H34N6O2. The van der Waals surface area contributed by atoms with Gasteiger partial charge in [0.1, 0.15) is 5.75 Å². The van der Waals surface area contributed by atoms with Gasteiger partial charge in [-0.3, -0.25) is 0 Å². The molecule has 188 valence electrons. The molecule has 1 aliphatic carbocycles. The number of phenols is 1. The Balaban J connectivity index is 1.42. The van der Waals surface area contributed by atoms with Crippen LogP contribution in [0.15, 0.2) is 54.9 Å². The van der Waals surface area contributed by atoms with Crippen molar-refractivity contribution in [3.05, 3.63) is 60.4 Å². The molecule has 0 radical (unpaired) electrons. The minimum absolute atomic E-state index is 0.139. The number of aromatic hydroxyl groups is 1. The number of aliphatic hydroxyl groups excluding tert-OH is 1. The highest BCUT2D eigenvalue weighted by molar-refractivity contribution is 5.84. The number of imidazole rings is 1. The molecule has 1 fully saturated rings. The van der Waals surface area contributed by atoms with Crippen molar-refractivity contribution in [3.8, 4) is 16.9 Å². The van der Waals surface area contributed by atoms with Gasteiger partial charge in [0, 0.05) is 18.2 Å². The fraction of sp³-hybridized carbons (Fsp3) is 0.393. The standard InChI is InChI=1S/C28H34N6O2/c1-3-23(18(2)35)31-28-32-26(25-27(33-28)34(17-30-25)21-8-4-5-9-21)29-16-19-12-14-20(15-13-19)22-10-6-7-11-24(22)36/h6-7,10-15,17-18,21,23,35-36H,3-5,8-9,16H2,1-2H3,(H2,29,31,32,33). The van der Waals surface area contributed by atoms with Crippen molar-refractivity contribution in [3.63, 3.8) is 0 Å². The molecule has 0 amide bonds. The Labute approximate surface area is 211 Å². The first-order valence-corrected chi connectivity index (χ1v) is 12.8. The second-order valence-corrected chi connectivity index (χ2v) is 9.63. The van der Waals surface area contributed by atoms with Crippen molar-refractivity contribution in [1.29, 1.82) is 0 Å². The summed E-state index contributed by atoms with van der Waals surface area (Å²) in [4.78, 5) is 14.3. The van der Waals surface area contributed by atoms with Crippen molar-refractivity contribution in [2.24, 2.45) is 0 Å². The number of fused-ring (bicyclic) bond motifs is 1. The molecule has 2 atom stereocenters. The maximum atomic E-state index is 10.2. The quantitative estimate of drug-likeness (QED) is 0.247. The molecule has 4 aromatic rings. The maximum absolute atomic E-state index is 10.2. The summed E-state index contributed by atoms with van der Waals surface area (Å²) in [6.45, 7) is 4.38. The lowest BCUT2D eigenvalue weighted by molar-refractivity contribution is 0.169. The Hall–Kier alpha value is -3.65. The highest BCUT2D eigenvalue weighted by Gasteiger charge is 2.23. The summed E-state index contributed by atoms with van der Waals surface area (Å²) in [6, 6.07) is 15.7. The normalized spacial score (nSPS) is 15.8. The van der Waals surface area contributed by atoms with Gasteiger partial charge in [0.05, 0.1) is 18.5 Å². The van der Waals surface area contributed by atoms with Gasteiger partial charge in [0.2, 0.25) is 5.95 Å². The Morgan fingerprint density at radius 3 is 2.50 bits per heavy atom. The summed E-state index contributed by atoms with van der Waals surface area (Å²) in [5.74, 6) is 1.43. The highest BCUT2D eigenvalue weighted by Crippen LogP contribution is 2.33. The maximum Gasteiger partial charge on any atom is 0.227 e. The predicted molar refractivity (Wildman–Crippen MR) is 143 cm³/mol. The topological polar surface area (TPSA) is 108 Å². The molecule has 1 saturated carbocycles. The van der Waals surface area contributed by atoms with Gasteiger partial charge in [0.15, 0.2) is 17.0 Å². The van der Waals surface area contributed by atoms with E-state index in [4.69, 9.17) is 9.97 Å². The first-order valence-electron chi connectivity index (χ1n) is 12.8. The highest BCUT2D eigenvalue weighted by atomic mass is 16.3. The summed E-state index contributed by atoms with van der Waals surface area (Å²) in [6.07, 6.45) is 6.84. The molecule has 4 N–H and O–H groups in total. The van der Waals surface area contributed by atoms with Crippen LogP contribution in [0.1, 0.15) is 57.6 Å². The van der Waals surface area contributed by atoms with Crippen LogP contribution in [-0.4, -0.2) is 41.9 Å². The summed E-state index contributed by atoms with van der Waals surface area (Å²) < 4.78 is 2.19. The van der Waals surface area contributed by atoms with Crippen molar-refractivity contribution < 1.29 is 10.2 Å². The number of aromatic nitrogens is 4. The van der Waals surface area contributed by atoms with Gasteiger partial charge in [0.25, 0.3) is 0 Å². The zero-order chi connectivity index (χ0) is 25.1. The lowest BCUT2D eigenvalue weighted by Gasteiger charge is -2.20. The molecule has 8 heteroatoms. The number of benzene rings is 2. The Bertz CT molecular complexity index is 1310. The van der Waals surface area contributed by atoms with Crippen LogP contribution in [0, 0.1) is 0 Å². The molecule has 0 spiro atoms. The second kappa shape index (κ2) is 10.5. The molecule has 2 unspecified atom stereocenters. The number of anilines is 2. The van der Waals surface area contributed by atoms with E-state index in [2.05, 4.69) is 20.2 Å². The van der Waals surface area contributed by atoms with E-state index in [1.54, 1.807) is 13.0 Å². The van der Waals surface area contributed by atoms with Crippen LogP contribution in [-0.2, 0) is 6.54 Å². The van der Waals surface area contributed by atoms with Crippen LogP contribution in [0.25, 0.3) is 22.3 Å². The van der Waals surface area contributed by atoms with E-state index in [1.165, 1.54) is 12.8 Å². The summed E-state index contributed by atoms with van der Waals surface area (Å²) >= 11 is 0. The lowest BCUT2D eigenvalue weighted by atomic mass is 10.0. The molecule has 0 saturated heterocycles. The van der Waals surface area contributed by atoms with Crippen molar-refractivity contribution in [2.45, 2.75) is 70.7 Å². The number of hydrogen-bond donors (Lipinski definition) is 4. The minimum Gasteiger partial charge on any atom is -0.507 e. The van der Waals surface area contributed by atoms with Gasteiger partial charge in [-0.15, -0.1) is 0 Å². The summed E-state index contributed by atoms with van der Waals surface area (Å²) in [5.41, 5.74) is 4.43. The van der Waals surface area contributed by atoms with E-state index in [0.29, 0.717) is 24.4 Å². The molecular weight excluding hydrogens is 452 g/mol. The van der Waals surface area contributed by atoms with Crippen LogP contribution in [0.5, 0.6) is 5.75 Å². The van der Waals surface area contributed by atoms with Crippen molar-refractivity contribution in [1.82, 2.24) is 19.5 Å². The van der Waals surface area contributed by atoms with E-state index in [0.717, 1.165) is 47.1 Å². The monoisotopic (exact) mass is 486 g/mol. The molecule has 5 rings (SSSR count). The zero-order valence-electron chi connectivity index (χ0n) is 20.9. The zero-order valence-corrected chi connectivity index (χ0v) is 20.9. The average Bonchev–Trinajstić information content (AvgIpc) is 3.56. The number of phenolic OH excluding ortho intramolecular Hbond substituents is 1. The molecule has 1 aliphatic rings. The van der Waals surface area contributed by atoms with E-state index >= 15 is 0 Å². The predicted octanol–water partition coefficient (Wildman–Crippen LogP) is 5.50. The fourth-order valence-corrected chi connectivity index (χ4v) is 4.99. The second-order valence-electron chi connectivity index (χ2n) is 9.63. The number of hydrogen-bond acceptors (Lipinski definition) is 7. The average molecular weight is 487 g/mol. The Morgan fingerprint density at radius 2 is 1.81 bits per heavy atom. The van der Waals surface area contributed by atoms with Crippen molar-refractivity contribution in [2.75, 3.05) is 10.6 Å².